The van der Waals surface area contributed by atoms with Gasteiger partial charge in [0.25, 0.3) is 5.71 Å². The minimum Gasteiger partial charge on any atom is -0.422 e. The normalized spacial score (nSPS) is 23.5. The molecule has 0 saturated carbocycles. The van der Waals surface area contributed by atoms with E-state index in [1.807, 2.05) is 11.8 Å². The van der Waals surface area contributed by atoms with Gasteiger partial charge in [-0.25, -0.2) is 9.97 Å². The van der Waals surface area contributed by atoms with Crippen molar-refractivity contribution in [3.05, 3.63) is 12.2 Å². The Balaban J connectivity index is 1.58. The molecule has 0 N–H and O–H groups in total. The minimum atomic E-state index is -0.319. The van der Waals surface area contributed by atoms with Crippen LogP contribution in [0.2, 0.25) is 0 Å². The predicted octanol–water partition coefficient (Wildman–Crippen LogP) is 1.65. The summed E-state index contributed by atoms with van der Waals surface area (Å²) in [7, 11) is 1.67. The second-order valence-corrected chi connectivity index (χ2v) is 7.15. The first-order chi connectivity index (χ1) is 12.7. The van der Waals surface area contributed by atoms with E-state index in [-0.39, 0.29) is 11.3 Å². The molecule has 1 unspecified atom stereocenters. The second kappa shape index (κ2) is 6.83. The van der Waals surface area contributed by atoms with Crippen molar-refractivity contribution in [1.82, 2.24) is 19.9 Å². The average molecular weight is 359 g/mol. The number of hydrogen-bond acceptors (Lipinski definition) is 7. The van der Waals surface area contributed by atoms with Crippen LogP contribution in [0, 0.1) is 5.41 Å². The number of ether oxygens (including phenoxy) is 1. The van der Waals surface area contributed by atoms with Gasteiger partial charge in [-0.2, -0.15) is 4.98 Å². The molecule has 2 saturated heterocycles. The molecule has 26 heavy (non-hydrogen) atoms. The summed E-state index contributed by atoms with van der Waals surface area (Å²) in [4.78, 5) is 30.4. The van der Waals surface area contributed by atoms with Gasteiger partial charge in [0.15, 0.2) is 17.2 Å². The van der Waals surface area contributed by atoms with E-state index < -0.39 is 0 Å². The monoisotopic (exact) mass is 359 g/mol. The van der Waals surface area contributed by atoms with E-state index in [2.05, 4.69) is 19.9 Å². The Morgan fingerprint density at radius 3 is 3.00 bits per heavy atom. The van der Waals surface area contributed by atoms with Crippen LogP contribution in [0.4, 0.5) is 5.82 Å². The number of carbonyl (C=O) groups excluding carboxylic acids is 1. The molecule has 0 aliphatic carbocycles. The van der Waals surface area contributed by atoms with Crippen LogP contribution >= 0.6 is 0 Å². The van der Waals surface area contributed by atoms with Gasteiger partial charge in [0.1, 0.15) is 6.33 Å². The van der Waals surface area contributed by atoms with Crippen LogP contribution in [0.3, 0.4) is 0 Å². The topological polar surface area (TPSA) is 84.6 Å². The van der Waals surface area contributed by atoms with Crippen LogP contribution in [-0.4, -0.2) is 65.7 Å². The third-order valence-electron chi connectivity index (χ3n) is 5.57. The molecule has 4 rings (SSSR count). The summed E-state index contributed by atoms with van der Waals surface area (Å²) >= 11 is 0. The molecule has 2 fully saturated rings. The maximum atomic E-state index is 13.1. The summed E-state index contributed by atoms with van der Waals surface area (Å²) in [5.74, 6) is 1.69. The molecular formula is C18H25N5O3. The van der Waals surface area contributed by atoms with Gasteiger partial charge in [0, 0.05) is 39.7 Å². The van der Waals surface area contributed by atoms with E-state index in [1.165, 1.54) is 6.33 Å². The molecule has 2 aromatic heterocycles. The highest BCUT2D eigenvalue weighted by atomic mass is 16.5. The Bertz CT molecular complexity index is 807. The van der Waals surface area contributed by atoms with Crippen LogP contribution in [0.15, 0.2) is 10.7 Å². The average Bonchev–Trinajstić information content (AvgIpc) is 3.27. The second-order valence-electron chi connectivity index (χ2n) is 7.15. The van der Waals surface area contributed by atoms with Gasteiger partial charge in [-0.3, -0.25) is 4.79 Å². The number of hydrogen-bond donors (Lipinski definition) is 0. The molecular weight excluding hydrogens is 334 g/mol. The van der Waals surface area contributed by atoms with Gasteiger partial charge < -0.3 is 19.0 Å². The van der Waals surface area contributed by atoms with E-state index >= 15 is 0 Å². The number of rotatable bonds is 5. The number of piperidine rings is 1. The minimum absolute atomic E-state index is 0.253. The van der Waals surface area contributed by atoms with Crippen LogP contribution in [0.5, 0.6) is 0 Å². The molecule has 0 radical (unpaired) electrons. The maximum absolute atomic E-state index is 13.1. The Kier molecular flexibility index (Phi) is 4.52. The third kappa shape index (κ3) is 2.82. The summed E-state index contributed by atoms with van der Waals surface area (Å²) in [5.41, 5.74) is 0.894. The summed E-state index contributed by atoms with van der Waals surface area (Å²) in [6, 6.07) is 0. The number of aryl methyl sites for hydroxylation is 1. The van der Waals surface area contributed by atoms with Crippen molar-refractivity contribution in [2.45, 2.75) is 32.6 Å². The summed E-state index contributed by atoms with van der Waals surface area (Å²) < 4.78 is 10.8. The van der Waals surface area contributed by atoms with Crippen molar-refractivity contribution >= 4 is 23.0 Å². The smallest absolute Gasteiger partial charge is 0.252 e. The summed E-state index contributed by atoms with van der Waals surface area (Å²) in [5, 5.41) is 0. The zero-order valence-corrected chi connectivity index (χ0v) is 15.4. The fourth-order valence-electron chi connectivity index (χ4n) is 4.17. The van der Waals surface area contributed by atoms with Gasteiger partial charge in [0.05, 0.1) is 12.0 Å². The molecule has 8 heteroatoms. The number of anilines is 1. The van der Waals surface area contributed by atoms with Gasteiger partial charge in [-0.15, -0.1) is 0 Å². The first-order valence-electron chi connectivity index (χ1n) is 9.30. The largest absolute Gasteiger partial charge is 0.422 e. The number of amides is 1. The van der Waals surface area contributed by atoms with Crippen LogP contribution < -0.4 is 4.90 Å². The Labute approximate surface area is 152 Å². The number of nitrogens with zero attached hydrogens (tertiary/aromatic N) is 5. The molecule has 0 aromatic carbocycles. The molecule has 1 amide bonds. The number of fused-ring (bicyclic) bond motifs is 1. The number of methoxy groups -OCH3 is 1. The SMILES string of the molecule is CCc1nc2c(N3CCC4(CCCN(CCOC)C4=O)C3)ncnc2o1. The van der Waals surface area contributed by atoms with Crippen LogP contribution in [-0.2, 0) is 16.0 Å². The lowest BCUT2D eigenvalue weighted by atomic mass is 9.78. The first-order valence-corrected chi connectivity index (χ1v) is 9.30. The highest BCUT2D eigenvalue weighted by molar-refractivity contribution is 5.87. The van der Waals surface area contributed by atoms with Gasteiger partial charge in [0.2, 0.25) is 5.91 Å². The van der Waals surface area contributed by atoms with E-state index in [9.17, 15) is 4.79 Å². The van der Waals surface area contributed by atoms with Gasteiger partial charge >= 0.3 is 0 Å². The molecule has 4 heterocycles. The summed E-state index contributed by atoms with van der Waals surface area (Å²) in [6.45, 7) is 5.54. The number of oxazole rings is 1. The van der Waals surface area contributed by atoms with Crippen LogP contribution in [0.25, 0.3) is 11.2 Å². The highest BCUT2D eigenvalue weighted by Crippen LogP contribution is 2.42. The predicted molar refractivity (Wildman–Crippen MR) is 95.9 cm³/mol. The van der Waals surface area contributed by atoms with E-state index in [4.69, 9.17) is 9.15 Å². The standard InChI is InChI=1S/C18H25N5O3/c1-3-13-21-14-15(19-12-20-16(14)26-13)23-8-6-18(11-23)5-4-7-22(17(18)24)9-10-25-2/h12H,3-11H2,1-2H3. The molecule has 2 aromatic rings. The lowest BCUT2D eigenvalue weighted by Gasteiger charge is -2.39. The highest BCUT2D eigenvalue weighted by Gasteiger charge is 2.48. The Morgan fingerprint density at radius 1 is 1.31 bits per heavy atom. The van der Waals surface area contributed by atoms with Crippen molar-refractivity contribution in [2.75, 3.05) is 44.8 Å². The molecule has 140 valence electrons. The Morgan fingerprint density at radius 2 is 2.19 bits per heavy atom. The third-order valence-corrected chi connectivity index (χ3v) is 5.57. The quantitative estimate of drug-likeness (QED) is 0.802. The molecule has 2 aliphatic heterocycles. The number of aromatic nitrogens is 3. The number of carbonyl (C=O) groups is 1. The zero-order valence-electron chi connectivity index (χ0n) is 15.4. The summed E-state index contributed by atoms with van der Waals surface area (Å²) in [6.07, 6.45) is 5.04. The van der Waals surface area contributed by atoms with E-state index in [0.717, 1.165) is 38.2 Å². The Hall–Kier alpha value is -2.22. The van der Waals surface area contributed by atoms with Gasteiger partial charge in [-0.1, -0.05) is 6.92 Å². The van der Waals surface area contributed by atoms with Crippen molar-refractivity contribution in [2.24, 2.45) is 5.41 Å². The molecule has 2 aliphatic rings. The fourth-order valence-corrected chi connectivity index (χ4v) is 4.17. The van der Waals surface area contributed by atoms with E-state index in [0.29, 0.717) is 43.2 Å². The molecule has 1 atom stereocenters. The van der Waals surface area contributed by atoms with Crippen LogP contribution in [0.1, 0.15) is 32.1 Å². The molecule has 1 spiro atoms. The van der Waals surface area contributed by atoms with Crippen molar-refractivity contribution in [1.29, 1.82) is 0 Å². The van der Waals surface area contributed by atoms with Crippen molar-refractivity contribution in [3.8, 4) is 0 Å². The van der Waals surface area contributed by atoms with Crippen molar-refractivity contribution in [3.63, 3.8) is 0 Å². The van der Waals surface area contributed by atoms with Gasteiger partial charge in [-0.05, 0) is 19.3 Å². The maximum Gasteiger partial charge on any atom is 0.252 e. The lowest BCUT2D eigenvalue weighted by molar-refractivity contribution is -0.145. The zero-order chi connectivity index (χ0) is 18.1. The van der Waals surface area contributed by atoms with E-state index in [1.54, 1.807) is 7.11 Å². The number of likely N-dealkylation sites (tertiary alicyclic amines) is 1. The molecule has 0 bridgehead atoms. The molecule has 8 nitrogen and oxygen atoms in total. The first kappa shape index (κ1) is 17.2. The lowest BCUT2D eigenvalue weighted by Crippen LogP contribution is -2.51. The van der Waals surface area contributed by atoms with Crippen molar-refractivity contribution < 1.29 is 13.9 Å². The fraction of sp³-hybridized carbons (Fsp3) is 0.667.